The number of aromatic nitrogens is 3. The highest BCUT2D eigenvalue weighted by Crippen LogP contribution is 2.34. The van der Waals surface area contributed by atoms with Gasteiger partial charge >= 0.3 is 0 Å². The zero-order valence-corrected chi connectivity index (χ0v) is 14.1. The molecule has 0 spiro atoms. The van der Waals surface area contributed by atoms with Gasteiger partial charge in [-0.05, 0) is 47.7 Å². The molecule has 0 amide bonds. The first-order valence-electron chi connectivity index (χ1n) is 7.44. The molecule has 0 fully saturated rings. The first kappa shape index (κ1) is 17.3. The highest BCUT2D eigenvalue weighted by Gasteiger charge is 2.16. The second-order valence-electron chi connectivity index (χ2n) is 5.00. The first-order valence-corrected chi connectivity index (χ1v) is 8.25. The maximum Gasteiger partial charge on any atom is 0.283 e. The lowest BCUT2D eigenvalue weighted by molar-refractivity contribution is -0.387. The van der Waals surface area contributed by atoms with Crippen molar-refractivity contribution in [1.29, 1.82) is 5.26 Å². The van der Waals surface area contributed by atoms with E-state index in [4.69, 9.17) is 0 Å². The molecule has 0 atom stereocenters. The molecule has 0 N–H and O–H groups in total. The predicted octanol–water partition coefficient (Wildman–Crippen LogP) is 4.00. The number of hydrogen-bond donors (Lipinski definition) is 0. The Bertz CT molecular complexity index is 1000. The van der Waals surface area contributed by atoms with Crippen LogP contribution in [0, 0.1) is 21.4 Å². The fourth-order valence-electron chi connectivity index (χ4n) is 2.14. The standard InChI is InChI=1S/C18H11N5O2S/c19-12-14(15-4-1-2-7-20-15)10-13-5-6-17(16(11-13)23(24)25)26-18-21-8-3-9-22-18/h1-11H. The van der Waals surface area contributed by atoms with E-state index in [-0.39, 0.29) is 5.69 Å². The average molecular weight is 361 g/mol. The zero-order valence-electron chi connectivity index (χ0n) is 13.3. The van der Waals surface area contributed by atoms with Gasteiger partial charge in [-0.3, -0.25) is 15.1 Å². The highest BCUT2D eigenvalue weighted by molar-refractivity contribution is 7.99. The molecule has 0 saturated heterocycles. The summed E-state index contributed by atoms with van der Waals surface area (Å²) in [4.78, 5) is 23.7. The number of nitro benzene ring substituents is 1. The maximum atomic E-state index is 11.4. The Balaban J connectivity index is 1.97. The van der Waals surface area contributed by atoms with E-state index < -0.39 is 4.92 Å². The van der Waals surface area contributed by atoms with Gasteiger partial charge in [0.1, 0.15) is 6.07 Å². The molecule has 2 heterocycles. The second kappa shape index (κ2) is 8.00. The van der Waals surface area contributed by atoms with E-state index in [2.05, 4.69) is 21.0 Å². The molecule has 0 aliphatic carbocycles. The maximum absolute atomic E-state index is 11.4. The normalized spacial score (nSPS) is 11.0. The van der Waals surface area contributed by atoms with E-state index in [1.54, 1.807) is 61.1 Å². The Morgan fingerprint density at radius 1 is 1.12 bits per heavy atom. The van der Waals surface area contributed by atoms with Crippen LogP contribution in [0.3, 0.4) is 0 Å². The molecule has 0 bridgehead atoms. The third kappa shape index (κ3) is 4.09. The number of allylic oxidation sites excluding steroid dienone is 1. The van der Waals surface area contributed by atoms with Gasteiger partial charge in [-0.1, -0.05) is 12.1 Å². The van der Waals surface area contributed by atoms with Gasteiger partial charge in [0.25, 0.3) is 5.69 Å². The Morgan fingerprint density at radius 3 is 2.54 bits per heavy atom. The Kier molecular flexibility index (Phi) is 5.31. The Labute approximate surface area is 153 Å². The fourth-order valence-corrected chi connectivity index (χ4v) is 2.94. The van der Waals surface area contributed by atoms with Crippen LogP contribution in [-0.2, 0) is 0 Å². The summed E-state index contributed by atoms with van der Waals surface area (Å²) in [6.07, 6.45) is 6.31. The number of benzene rings is 1. The number of hydrogen-bond acceptors (Lipinski definition) is 7. The van der Waals surface area contributed by atoms with E-state index in [1.165, 1.54) is 6.07 Å². The highest BCUT2D eigenvalue weighted by atomic mass is 32.2. The summed E-state index contributed by atoms with van der Waals surface area (Å²) in [5, 5.41) is 21.2. The van der Waals surface area contributed by atoms with Crippen LogP contribution in [0.2, 0.25) is 0 Å². The van der Waals surface area contributed by atoms with Crippen LogP contribution in [0.1, 0.15) is 11.3 Å². The van der Waals surface area contributed by atoms with Crippen molar-refractivity contribution in [3.05, 3.63) is 82.4 Å². The molecule has 0 saturated carbocycles. The molecular formula is C18H11N5O2S. The summed E-state index contributed by atoms with van der Waals surface area (Å²) in [6, 6.07) is 13.7. The van der Waals surface area contributed by atoms with Crippen molar-refractivity contribution >= 4 is 29.1 Å². The second-order valence-corrected chi connectivity index (χ2v) is 6.01. The van der Waals surface area contributed by atoms with Gasteiger partial charge in [0.15, 0.2) is 5.16 Å². The van der Waals surface area contributed by atoms with Gasteiger partial charge in [-0.2, -0.15) is 5.26 Å². The van der Waals surface area contributed by atoms with E-state index >= 15 is 0 Å². The van der Waals surface area contributed by atoms with E-state index in [9.17, 15) is 15.4 Å². The molecule has 3 rings (SSSR count). The monoisotopic (exact) mass is 361 g/mol. The number of pyridine rings is 1. The third-order valence-electron chi connectivity index (χ3n) is 3.30. The summed E-state index contributed by atoms with van der Waals surface area (Å²) in [5.41, 5.74) is 1.30. The van der Waals surface area contributed by atoms with Gasteiger partial charge in [0, 0.05) is 24.7 Å². The summed E-state index contributed by atoms with van der Waals surface area (Å²) in [7, 11) is 0. The van der Waals surface area contributed by atoms with Crippen LogP contribution < -0.4 is 0 Å². The lowest BCUT2D eigenvalue weighted by Crippen LogP contribution is -1.93. The molecule has 3 aromatic rings. The molecule has 0 aliphatic heterocycles. The molecule has 8 heteroatoms. The Morgan fingerprint density at radius 2 is 1.88 bits per heavy atom. The summed E-state index contributed by atoms with van der Waals surface area (Å²) in [5.74, 6) is 0. The molecule has 0 unspecified atom stereocenters. The molecule has 126 valence electrons. The molecular weight excluding hydrogens is 350 g/mol. The summed E-state index contributed by atoms with van der Waals surface area (Å²) in [6.45, 7) is 0. The minimum atomic E-state index is -0.463. The van der Waals surface area contributed by atoms with Crippen molar-refractivity contribution < 1.29 is 4.92 Å². The smallest absolute Gasteiger partial charge is 0.258 e. The topological polar surface area (TPSA) is 106 Å². The lowest BCUT2D eigenvalue weighted by atomic mass is 10.1. The molecule has 2 aromatic heterocycles. The molecule has 1 aromatic carbocycles. The van der Waals surface area contributed by atoms with Crippen molar-refractivity contribution in [3.8, 4) is 6.07 Å². The molecule has 26 heavy (non-hydrogen) atoms. The van der Waals surface area contributed by atoms with Crippen molar-refractivity contribution in [2.45, 2.75) is 10.1 Å². The van der Waals surface area contributed by atoms with Gasteiger partial charge in [-0.25, -0.2) is 9.97 Å². The van der Waals surface area contributed by atoms with Crippen LogP contribution in [0.5, 0.6) is 0 Å². The fraction of sp³-hybridized carbons (Fsp3) is 0. The van der Waals surface area contributed by atoms with Crippen molar-refractivity contribution in [3.63, 3.8) is 0 Å². The minimum absolute atomic E-state index is 0.0745. The van der Waals surface area contributed by atoms with Crippen LogP contribution in [0.25, 0.3) is 11.6 Å². The van der Waals surface area contributed by atoms with E-state index in [0.29, 0.717) is 26.9 Å². The van der Waals surface area contributed by atoms with Crippen LogP contribution in [0.15, 0.2) is 71.1 Å². The summed E-state index contributed by atoms with van der Waals surface area (Å²) >= 11 is 1.11. The minimum Gasteiger partial charge on any atom is -0.258 e. The van der Waals surface area contributed by atoms with Gasteiger partial charge in [0.05, 0.1) is 21.1 Å². The lowest BCUT2D eigenvalue weighted by Gasteiger charge is -2.04. The molecule has 0 radical (unpaired) electrons. The average Bonchev–Trinajstić information content (AvgIpc) is 2.68. The van der Waals surface area contributed by atoms with Crippen LogP contribution >= 0.6 is 11.8 Å². The SMILES string of the molecule is N#CC(=Cc1ccc(Sc2ncccn2)c([N+](=O)[O-])c1)c1ccccn1. The number of nitrogens with zero attached hydrogens (tertiary/aromatic N) is 5. The number of rotatable bonds is 5. The van der Waals surface area contributed by atoms with Crippen LogP contribution in [0.4, 0.5) is 5.69 Å². The van der Waals surface area contributed by atoms with Gasteiger partial charge in [0.2, 0.25) is 0 Å². The number of nitro groups is 1. The summed E-state index contributed by atoms with van der Waals surface area (Å²) < 4.78 is 0. The quantitative estimate of drug-likeness (QED) is 0.293. The number of nitriles is 1. The zero-order chi connectivity index (χ0) is 18.4. The third-order valence-corrected chi connectivity index (χ3v) is 4.25. The van der Waals surface area contributed by atoms with Crippen LogP contribution in [-0.4, -0.2) is 19.9 Å². The Hall–Kier alpha value is -3.57. The van der Waals surface area contributed by atoms with Gasteiger partial charge in [-0.15, -0.1) is 0 Å². The van der Waals surface area contributed by atoms with E-state index in [1.807, 2.05) is 0 Å². The molecule has 7 nitrogen and oxygen atoms in total. The van der Waals surface area contributed by atoms with E-state index in [0.717, 1.165) is 11.8 Å². The van der Waals surface area contributed by atoms with Crippen molar-refractivity contribution in [1.82, 2.24) is 15.0 Å². The van der Waals surface area contributed by atoms with Crippen molar-refractivity contribution in [2.24, 2.45) is 0 Å². The molecule has 0 aliphatic rings. The van der Waals surface area contributed by atoms with Gasteiger partial charge < -0.3 is 0 Å². The first-order chi connectivity index (χ1) is 12.7. The van der Waals surface area contributed by atoms with Crippen molar-refractivity contribution in [2.75, 3.05) is 0 Å². The predicted molar refractivity (Wildman–Crippen MR) is 97.0 cm³/mol. The largest absolute Gasteiger partial charge is 0.283 e.